The van der Waals surface area contributed by atoms with E-state index >= 15 is 0 Å². The quantitative estimate of drug-likeness (QED) is 0.711. The molecule has 1 aliphatic rings. The summed E-state index contributed by atoms with van der Waals surface area (Å²) in [7, 11) is 0. The van der Waals surface area contributed by atoms with E-state index in [9.17, 15) is 4.79 Å². The van der Waals surface area contributed by atoms with Crippen molar-refractivity contribution in [2.45, 2.75) is 0 Å². The Hall–Kier alpha value is -1.91. The van der Waals surface area contributed by atoms with Crippen LogP contribution in [0.1, 0.15) is 11.1 Å². The van der Waals surface area contributed by atoms with Crippen LogP contribution in [0.5, 0.6) is 0 Å². The van der Waals surface area contributed by atoms with Gasteiger partial charge in [0.05, 0.1) is 11.4 Å². The standard InChI is InChI=1S/C15H12N2O.BrH/c16-15(18)17-13-7-3-1-5-11(13)9-10-12-6-2-4-8-14(12)17;/h1-10H,(H2,16,18);1H. The summed E-state index contributed by atoms with van der Waals surface area (Å²) in [4.78, 5) is 13.5. The highest BCUT2D eigenvalue weighted by molar-refractivity contribution is 6.01. The number of rotatable bonds is 0. The Labute approximate surface area is 122 Å². The van der Waals surface area contributed by atoms with Gasteiger partial charge in [0.25, 0.3) is 0 Å². The number of benzene rings is 2. The average Bonchev–Trinajstić information content (AvgIpc) is 2.55. The summed E-state index contributed by atoms with van der Waals surface area (Å²) in [6.07, 6.45) is 4.05. The van der Waals surface area contributed by atoms with Crippen LogP contribution in [0.25, 0.3) is 12.2 Å². The lowest BCUT2D eigenvalue weighted by Crippen LogP contribution is -3.00. The van der Waals surface area contributed by atoms with E-state index in [0.29, 0.717) is 0 Å². The van der Waals surface area contributed by atoms with Crippen molar-refractivity contribution in [1.29, 1.82) is 0 Å². The van der Waals surface area contributed by atoms with Crippen molar-refractivity contribution < 1.29 is 27.5 Å². The predicted octanol–water partition coefficient (Wildman–Crippen LogP) is -0.326. The second-order valence-electron chi connectivity index (χ2n) is 4.18. The molecule has 0 radical (unpaired) electrons. The lowest BCUT2D eigenvalue weighted by atomic mass is 10.1. The SMILES string of the molecule is [Br-].[NH3+]C(=O)N1c2ccccc2C=Cc2ccccc21. The molecule has 0 saturated carbocycles. The molecule has 0 spiro atoms. The number of carbonyl (C=O) groups is 1. The first-order chi connectivity index (χ1) is 8.77. The van der Waals surface area contributed by atoms with E-state index in [1.165, 1.54) is 0 Å². The van der Waals surface area contributed by atoms with Gasteiger partial charge in [0.2, 0.25) is 0 Å². The van der Waals surface area contributed by atoms with Crippen LogP contribution in [-0.2, 0) is 0 Å². The third kappa shape index (κ3) is 2.32. The second-order valence-corrected chi connectivity index (χ2v) is 4.18. The zero-order valence-corrected chi connectivity index (χ0v) is 11.8. The van der Waals surface area contributed by atoms with Gasteiger partial charge in [-0.05, 0) is 23.3 Å². The van der Waals surface area contributed by atoms with E-state index in [1.807, 2.05) is 60.7 Å². The number of para-hydroxylation sites is 2. The van der Waals surface area contributed by atoms with Gasteiger partial charge in [0.1, 0.15) is 0 Å². The van der Waals surface area contributed by atoms with Gasteiger partial charge < -0.3 is 17.0 Å². The van der Waals surface area contributed by atoms with Crippen LogP contribution in [0.15, 0.2) is 48.5 Å². The normalized spacial score (nSPS) is 11.9. The maximum absolute atomic E-state index is 11.9. The smallest absolute Gasteiger partial charge is 0.423 e. The number of quaternary nitrogens is 1. The van der Waals surface area contributed by atoms with Crippen molar-refractivity contribution in [2.24, 2.45) is 0 Å². The molecule has 3 N–H and O–H groups in total. The molecule has 2 amide bonds. The first-order valence-electron chi connectivity index (χ1n) is 5.79. The van der Waals surface area contributed by atoms with E-state index in [4.69, 9.17) is 0 Å². The number of hydrogen-bond donors (Lipinski definition) is 1. The van der Waals surface area contributed by atoms with Gasteiger partial charge in [-0.15, -0.1) is 0 Å². The van der Waals surface area contributed by atoms with E-state index in [2.05, 4.69) is 5.73 Å². The zero-order chi connectivity index (χ0) is 12.5. The molecule has 0 unspecified atom stereocenters. The summed E-state index contributed by atoms with van der Waals surface area (Å²) in [6, 6.07) is 15.4. The highest BCUT2D eigenvalue weighted by atomic mass is 79.9. The van der Waals surface area contributed by atoms with Crippen LogP contribution >= 0.6 is 0 Å². The van der Waals surface area contributed by atoms with Gasteiger partial charge in [-0.25, -0.2) is 9.69 Å². The van der Waals surface area contributed by atoms with E-state index in [1.54, 1.807) is 4.90 Å². The summed E-state index contributed by atoms with van der Waals surface area (Å²) in [5.74, 6) is 0. The fourth-order valence-electron chi connectivity index (χ4n) is 2.24. The van der Waals surface area contributed by atoms with Gasteiger partial charge in [-0.1, -0.05) is 48.6 Å². The minimum Gasteiger partial charge on any atom is -1.00 e. The lowest BCUT2D eigenvalue weighted by molar-refractivity contribution is -0.245. The minimum atomic E-state index is -0.224. The molecule has 0 bridgehead atoms. The molecule has 1 heterocycles. The van der Waals surface area contributed by atoms with Crippen molar-refractivity contribution in [3.8, 4) is 0 Å². The van der Waals surface area contributed by atoms with Crippen LogP contribution in [0.4, 0.5) is 16.2 Å². The number of amides is 2. The van der Waals surface area contributed by atoms with Crippen molar-refractivity contribution in [1.82, 2.24) is 0 Å². The van der Waals surface area contributed by atoms with Gasteiger partial charge >= 0.3 is 6.03 Å². The molecule has 2 aromatic rings. The molecule has 2 aromatic carbocycles. The van der Waals surface area contributed by atoms with E-state index in [-0.39, 0.29) is 23.0 Å². The molecule has 3 nitrogen and oxygen atoms in total. The van der Waals surface area contributed by atoms with Crippen molar-refractivity contribution in [3.63, 3.8) is 0 Å². The molecule has 96 valence electrons. The second kappa shape index (κ2) is 5.38. The molecule has 4 heteroatoms. The summed E-state index contributed by atoms with van der Waals surface area (Å²) >= 11 is 0. The van der Waals surface area contributed by atoms with Crippen LogP contribution in [0.3, 0.4) is 0 Å². The molecule has 0 saturated heterocycles. The maximum atomic E-state index is 11.9. The highest BCUT2D eigenvalue weighted by Gasteiger charge is 2.23. The topological polar surface area (TPSA) is 48.0 Å². The molecular weight excluding hydrogens is 304 g/mol. The first kappa shape index (κ1) is 13.5. The fourth-order valence-corrected chi connectivity index (χ4v) is 2.24. The number of urea groups is 1. The molecule has 0 aromatic heterocycles. The molecule has 0 aliphatic carbocycles. The monoisotopic (exact) mass is 316 g/mol. The predicted molar refractivity (Wildman–Crippen MR) is 72.2 cm³/mol. The summed E-state index contributed by atoms with van der Waals surface area (Å²) < 4.78 is 0. The Bertz CT molecular complexity index is 603. The van der Waals surface area contributed by atoms with Crippen LogP contribution in [-0.4, -0.2) is 6.03 Å². The number of anilines is 2. The number of hydrogen-bond acceptors (Lipinski definition) is 1. The van der Waals surface area contributed by atoms with Gasteiger partial charge in [0.15, 0.2) is 0 Å². The zero-order valence-electron chi connectivity index (χ0n) is 10.2. The number of halogens is 1. The van der Waals surface area contributed by atoms with Gasteiger partial charge in [-0.3, -0.25) is 5.73 Å². The highest BCUT2D eigenvalue weighted by Crippen LogP contribution is 2.35. The van der Waals surface area contributed by atoms with Gasteiger partial charge in [-0.2, -0.15) is 0 Å². The number of fused-ring (bicyclic) bond motifs is 2. The fraction of sp³-hybridized carbons (Fsp3) is 0. The lowest BCUT2D eigenvalue weighted by Gasteiger charge is -2.20. The molecule has 0 fully saturated rings. The third-order valence-electron chi connectivity index (χ3n) is 3.05. The Morgan fingerprint density at radius 1 is 0.842 bits per heavy atom. The molecule has 1 aliphatic heterocycles. The number of nitrogens with zero attached hydrogens (tertiary/aromatic N) is 1. The van der Waals surface area contributed by atoms with Crippen LogP contribution < -0.4 is 27.6 Å². The van der Waals surface area contributed by atoms with Crippen molar-refractivity contribution in [3.05, 3.63) is 59.7 Å². The molecule has 19 heavy (non-hydrogen) atoms. The number of carbonyl (C=O) groups excluding carboxylic acids is 1. The molecule has 3 rings (SSSR count). The van der Waals surface area contributed by atoms with E-state index in [0.717, 1.165) is 22.5 Å². The Kier molecular flexibility index (Phi) is 3.83. The first-order valence-corrected chi connectivity index (χ1v) is 5.79. The van der Waals surface area contributed by atoms with Crippen molar-refractivity contribution in [2.75, 3.05) is 4.90 Å². The molecule has 0 atom stereocenters. The Morgan fingerprint density at radius 3 is 1.68 bits per heavy atom. The summed E-state index contributed by atoms with van der Waals surface area (Å²) in [5.41, 5.74) is 7.35. The third-order valence-corrected chi connectivity index (χ3v) is 3.05. The summed E-state index contributed by atoms with van der Waals surface area (Å²) in [6.45, 7) is 0. The van der Waals surface area contributed by atoms with Crippen LogP contribution in [0.2, 0.25) is 0 Å². The van der Waals surface area contributed by atoms with E-state index < -0.39 is 0 Å². The Balaban J connectivity index is 0.00000133. The summed E-state index contributed by atoms with van der Waals surface area (Å²) in [5, 5.41) is 0. The molecular formula is C15H13BrN2O. The van der Waals surface area contributed by atoms with Crippen molar-refractivity contribution >= 4 is 29.6 Å². The maximum Gasteiger partial charge on any atom is 0.423 e. The van der Waals surface area contributed by atoms with Crippen LogP contribution in [0, 0.1) is 0 Å². The largest absolute Gasteiger partial charge is 1.00 e. The average molecular weight is 317 g/mol. The minimum absolute atomic E-state index is 0. The van der Waals surface area contributed by atoms with Gasteiger partial charge in [0, 0.05) is 0 Å². The Morgan fingerprint density at radius 2 is 1.26 bits per heavy atom.